The van der Waals surface area contributed by atoms with Gasteiger partial charge in [-0.15, -0.1) is 0 Å². The van der Waals surface area contributed by atoms with Crippen LogP contribution in [0.15, 0.2) is 83.8 Å². The van der Waals surface area contributed by atoms with Gasteiger partial charge in [0, 0.05) is 18.7 Å². The van der Waals surface area contributed by atoms with Gasteiger partial charge in [-0.2, -0.15) is 9.57 Å². The van der Waals surface area contributed by atoms with E-state index >= 15 is 0 Å². The Hall–Kier alpha value is -3.47. The fourth-order valence-electron chi connectivity index (χ4n) is 4.36. The van der Waals surface area contributed by atoms with E-state index in [0.717, 1.165) is 11.1 Å². The summed E-state index contributed by atoms with van der Waals surface area (Å²) in [6.07, 6.45) is 0.939. The molecule has 6 nitrogen and oxygen atoms in total. The van der Waals surface area contributed by atoms with Crippen molar-refractivity contribution in [3.63, 3.8) is 0 Å². The number of hydrogen-bond donors (Lipinski definition) is 1. The molecule has 1 saturated heterocycles. The molecule has 1 N–H and O–H groups in total. The van der Waals surface area contributed by atoms with Crippen LogP contribution >= 0.6 is 0 Å². The monoisotopic (exact) mass is 442 g/mol. The molecule has 5 rings (SSSR count). The number of fused-ring (bicyclic) bond motifs is 1. The predicted octanol–water partition coefficient (Wildman–Crippen LogP) is 4.48. The number of piperidine rings is 1. The first-order chi connectivity index (χ1) is 15.5. The highest BCUT2D eigenvalue weighted by molar-refractivity contribution is 7.89. The third-order valence-corrected chi connectivity index (χ3v) is 8.15. The van der Waals surface area contributed by atoms with Crippen LogP contribution in [0.2, 0.25) is 0 Å². The lowest BCUT2D eigenvalue weighted by Gasteiger charge is -2.36. The average Bonchev–Trinajstić information content (AvgIpc) is 3.29. The molecule has 7 heteroatoms. The highest BCUT2D eigenvalue weighted by Gasteiger charge is 2.40. The van der Waals surface area contributed by atoms with E-state index in [4.69, 9.17) is 0 Å². The molecule has 1 aliphatic rings. The Morgan fingerprint density at radius 1 is 0.938 bits per heavy atom. The summed E-state index contributed by atoms with van der Waals surface area (Å²) in [5, 5.41) is 9.89. The van der Waals surface area contributed by atoms with Gasteiger partial charge in [0.25, 0.3) is 0 Å². The predicted molar refractivity (Wildman–Crippen MR) is 123 cm³/mol. The second-order valence-corrected chi connectivity index (χ2v) is 10.0. The van der Waals surface area contributed by atoms with Crippen LogP contribution in [0.1, 0.15) is 18.4 Å². The highest BCUT2D eigenvalue weighted by Crippen LogP contribution is 2.36. The Kier molecular flexibility index (Phi) is 5.04. The van der Waals surface area contributed by atoms with Crippen molar-refractivity contribution in [2.24, 2.45) is 0 Å². The first-order valence-corrected chi connectivity index (χ1v) is 12.0. The van der Waals surface area contributed by atoms with Gasteiger partial charge in [-0.3, -0.25) is 0 Å². The van der Waals surface area contributed by atoms with Crippen molar-refractivity contribution >= 4 is 21.1 Å². The van der Waals surface area contributed by atoms with Gasteiger partial charge in [-0.05, 0) is 36.6 Å². The number of nitriles is 1. The lowest BCUT2D eigenvalue weighted by molar-refractivity contribution is 0.277. The van der Waals surface area contributed by atoms with Crippen molar-refractivity contribution in [1.29, 1.82) is 5.26 Å². The third-order valence-electron chi connectivity index (χ3n) is 6.25. The molecule has 4 aromatic rings. The molecule has 0 spiro atoms. The van der Waals surface area contributed by atoms with Crippen molar-refractivity contribution in [3.8, 4) is 17.5 Å². The second kappa shape index (κ2) is 7.90. The van der Waals surface area contributed by atoms with Gasteiger partial charge in [0.05, 0.1) is 27.4 Å². The van der Waals surface area contributed by atoms with Gasteiger partial charge in [-0.1, -0.05) is 60.7 Å². The molecule has 1 fully saturated rings. The van der Waals surface area contributed by atoms with Crippen molar-refractivity contribution in [1.82, 2.24) is 14.3 Å². The van der Waals surface area contributed by atoms with Crippen molar-refractivity contribution in [2.45, 2.75) is 23.2 Å². The Morgan fingerprint density at radius 3 is 2.25 bits per heavy atom. The maximum atomic E-state index is 13.4. The molecular formula is C25H22N4O2S. The second-order valence-electron chi connectivity index (χ2n) is 8.09. The van der Waals surface area contributed by atoms with Gasteiger partial charge in [-0.25, -0.2) is 13.4 Å². The molecule has 0 amide bonds. The third kappa shape index (κ3) is 3.48. The molecule has 160 valence electrons. The summed E-state index contributed by atoms with van der Waals surface area (Å²) in [6.45, 7) is 0.613. The van der Waals surface area contributed by atoms with Crippen LogP contribution in [-0.4, -0.2) is 35.8 Å². The number of imidazole rings is 1. The Labute approximate surface area is 187 Å². The van der Waals surface area contributed by atoms with E-state index in [0.29, 0.717) is 42.8 Å². The summed E-state index contributed by atoms with van der Waals surface area (Å²) in [6, 6.07) is 26.8. The standard InChI is InChI=1S/C25H22N4O2S/c26-18-25(20-9-5-2-6-10-20)13-15-29(16-14-25)32(30,31)21-11-12-22-23(17-21)28-24(27-22)19-7-3-1-4-8-19/h1-12,17H,13-16H2,(H,27,28). The minimum atomic E-state index is -3.67. The minimum Gasteiger partial charge on any atom is -0.338 e. The van der Waals surface area contributed by atoms with Gasteiger partial charge in [0.1, 0.15) is 5.82 Å². The van der Waals surface area contributed by atoms with Crippen LogP contribution < -0.4 is 0 Å². The number of nitrogens with zero attached hydrogens (tertiary/aromatic N) is 3. The molecule has 0 bridgehead atoms. The smallest absolute Gasteiger partial charge is 0.243 e. The fraction of sp³-hybridized carbons (Fsp3) is 0.200. The number of H-pyrrole nitrogens is 1. The van der Waals surface area contributed by atoms with Crippen LogP contribution in [0, 0.1) is 11.3 Å². The first-order valence-electron chi connectivity index (χ1n) is 10.5. The number of aromatic nitrogens is 2. The van der Waals surface area contributed by atoms with E-state index in [-0.39, 0.29) is 4.90 Å². The maximum Gasteiger partial charge on any atom is 0.243 e. The zero-order chi connectivity index (χ0) is 22.2. The lowest BCUT2D eigenvalue weighted by Crippen LogP contribution is -2.44. The minimum absolute atomic E-state index is 0.234. The average molecular weight is 443 g/mol. The molecular weight excluding hydrogens is 420 g/mol. The Balaban J connectivity index is 1.41. The zero-order valence-corrected chi connectivity index (χ0v) is 18.2. The number of hydrogen-bond acceptors (Lipinski definition) is 4. The molecule has 3 aromatic carbocycles. The van der Waals surface area contributed by atoms with Gasteiger partial charge < -0.3 is 4.98 Å². The topological polar surface area (TPSA) is 89.8 Å². The summed E-state index contributed by atoms with van der Waals surface area (Å²) in [4.78, 5) is 8.05. The zero-order valence-electron chi connectivity index (χ0n) is 17.4. The van der Waals surface area contributed by atoms with E-state index in [9.17, 15) is 13.7 Å². The van der Waals surface area contributed by atoms with Crippen molar-refractivity contribution in [2.75, 3.05) is 13.1 Å². The molecule has 32 heavy (non-hydrogen) atoms. The molecule has 0 aliphatic carbocycles. The number of benzene rings is 3. The molecule has 2 heterocycles. The quantitative estimate of drug-likeness (QED) is 0.505. The van der Waals surface area contributed by atoms with E-state index < -0.39 is 15.4 Å². The van der Waals surface area contributed by atoms with E-state index in [1.807, 2.05) is 60.7 Å². The van der Waals surface area contributed by atoms with Gasteiger partial charge in [0.2, 0.25) is 10.0 Å². The first kappa shape index (κ1) is 20.4. The van der Waals surface area contributed by atoms with Crippen LogP contribution in [0.5, 0.6) is 0 Å². The molecule has 1 aliphatic heterocycles. The summed E-state index contributed by atoms with van der Waals surface area (Å²) in [7, 11) is -3.67. The number of nitrogens with one attached hydrogen (secondary N) is 1. The van der Waals surface area contributed by atoms with Gasteiger partial charge in [0.15, 0.2) is 0 Å². The molecule has 0 atom stereocenters. The molecule has 0 radical (unpaired) electrons. The lowest BCUT2D eigenvalue weighted by atomic mass is 9.74. The molecule has 0 saturated carbocycles. The number of sulfonamides is 1. The van der Waals surface area contributed by atoms with Gasteiger partial charge >= 0.3 is 0 Å². The van der Waals surface area contributed by atoms with Crippen LogP contribution in [0.25, 0.3) is 22.4 Å². The fourth-order valence-corrected chi connectivity index (χ4v) is 5.83. The maximum absolute atomic E-state index is 13.4. The Morgan fingerprint density at radius 2 is 1.59 bits per heavy atom. The van der Waals surface area contributed by atoms with E-state index in [1.165, 1.54) is 4.31 Å². The normalized spacial score (nSPS) is 16.6. The molecule has 1 aromatic heterocycles. The molecule has 0 unspecified atom stereocenters. The van der Waals surface area contributed by atoms with E-state index in [1.54, 1.807) is 18.2 Å². The van der Waals surface area contributed by atoms with E-state index in [2.05, 4.69) is 16.0 Å². The summed E-state index contributed by atoms with van der Waals surface area (Å²) < 4.78 is 28.2. The summed E-state index contributed by atoms with van der Waals surface area (Å²) in [5.41, 5.74) is 2.64. The summed E-state index contributed by atoms with van der Waals surface area (Å²) in [5.74, 6) is 0.704. The summed E-state index contributed by atoms with van der Waals surface area (Å²) >= 11 is 0. The number of rotatable bonds is 4. The van der Waals surface area contributed by atoms with Crippen LogP contribution in [0.4, 0.5) is 0 Å². The SMILES string of the molecule is N#CC1(c2ccccc2)CCN(S(=O)(=O)c2ccc3nc(-c4ccccc4)[nH]c3c2)CC1. The number of aromatic amines is 1. The largest absolute Gasteiger partial charge is 0.338 e. The van der Waals surface area contributed by atoms with Crippen molar-refractivity contribution < 1.29 is 8.42 Å². The van der Waals surface area contributed by atoms with Crippen molar-refractivity contribution in [3.05, 3.63) is 84.4 Å². The van der Waals surface area contributed by atoms with Crippen LogP contribution in [-0.2, 0) is 15.4 Å². The Bertz CT molecular complexity index is 1400. The highest BCUT2D eigenvalue weighted by atomic mass is 32.2. The van der Waals surface area contributed by atoms with Crippen LogP contribution in [0.3, 0.4) is 0 Å².